The number of benzene rings is 1. The summed E-state index contributed by atoms with van der Waals surface area (Å²) in [4.78, 5) is 11.8. The molecule has 0 fully saturated rings. The number of carbonyl (C=O) groups is 1. The van der Waals surface area contributed by atoms with Crippen molar-refractivity contribution in [2.24, 2.45) is 0 Å². The first-order valence-electron chi connectivity index (χ1n) is 8.01. The molecule has 2 aromatic heterocycles. The Labute approximate surface area is 136 Å². The number of nitrogens with zero attached hydrogens (tertiary/aromatic N) is 1. The van der Waals surface area contributed by atoms with Crippen LogP contribution in [-0.4, -0.2) is 17.3 Å². The minimum Gasteiger partial charge on any atom is -0.493 e. The monoisotopic (exact) mass is 307 g/mol. The van der Waals surface area contributed by atoms with Gasteiger partial charge in [0.2, 0.25) is 0 Å². The molecule has 0 saturated carbocycles. The summed E-state index contributed by atoms with van der Waals surface area (Å²) in [5.41, 5.74) is 5.92. The summed E-state index contributed by atoms with van der Waals surface area (Å²) in [6, 6.07) is 12.3. The van der Waals surface area contributed by atoms with E-state index in [-0.39, 0.29) is 0 Å². The zero-order valence-corrected chi connectivity index (χ0v) is 13.8. The quantitative estimate of drug-likeness (QED) is 0.640. The van der Waals surface area contributed by atoms with Gasteiger partial charge >= 0.3 is 0 Å². The van der Waals surface area contributed by atoms with Crippen LogP contribution in [0.15, 0.2) is 42.6 Å². The number of aromatic nitrogens is 1. The maximum atomic E-state index is 11.8. The van der Waals surface area contributed by atoms with Gasteiger partial charge in [-0.3, -0.25) is 4.79 Å². The third-order valence-electron chi connectivity index (χ3n) is 4.11. The lowest BCUT2D eigenvalue weighted by Gasteiger charge is -2.11. The van der Waals surface area contributed by atoms with Gasteiger partial charge in [-0.05, 0) is 50.1 Å². The van der Waals surface area contributed by atoms with Crippen LogP contribution in [0.5, 0.6) is 5.75 Å². The van der Waals surface area contributed by atoms with E-state index in [2.05, 4.69) is 31.2 Å². The number of pyridine rings is 1. The highest BCUT2D eigenvalue weighted by Crippen LogP contribution is 2.35. The molecule has 0 radical (unpaired) electrons. The Morgan fingerprint density at radius 1 is 1.09 bits per heavy atom. The van der Waals surface area contributed by atoms with Crippen LogP contribution >= 0.6 is 0 Å². The molecule has 0 bridgehead atoms. The van der Waals surface area contributed by atoms with E-state index < -0.39 is 0 Å². The second-order valence-electron chi connectivity index (χ2n) is 5.68. The molecule has 23 heavy (non-hydrogen) atoms. The molecule has 118 valence electrons. The number of ether oxygens (including phenoxy) is 1. The van der Waals surface area contributed by atoms with E-state index in [0.29, 0.717) is 12.3 Å². The molecule has 0 aliphatic heterocycles. The summed E-state index contributed by atoms with van der Waals surface area (Å²) < 4.78 is 7.73. The first kappa shape index (κ1) is 15.3. The number of fused-ring (bicyclic) bond motifs is 1. The maximum absolute atomic E-state index is 11.8. The fraction of sp³-hybridized carbons (Fsp3) is 0.250. The number of hydrogen-bond donors (Lipinski definition) is 0. The van der Waals surface area contributed by atoms with Crippen molar-refractivity contribution in [1.29, 1.82) is 0 Å². The van der Waals surface area contributed by atoms with Crippen LogP contribution in [0, 0.1) is 6.92 Å². The molecule has 0 saturated heterocycles. The SMILES string of the molecule is CCOc1ccc(C)cc1-c1cc2ccc(CC)cn2c1C=O. The minimum absolute atomic E-state index is 0.597. The van der Waals surface area contributed by atoms with E-state index in [4.69, 9.17) is 4.74 Å². The second-order valence-corrected chi connectivity index (χ2v) is 5.68. The van der Waals surface area contributed by atoms with Crippen LogP contribution in [0.1, 0.15) is 35.5 Å². The Morgan fingerprint density at radius 2 is 1.91 bits per heavy atom. The van der Waals surface area contributed by atoms with Crippen LogP contribution in [0.4, 0.5) is 0 Å². The molecule has 3 heteroatoms. The fourth-order valence-corrected chi connectivity index (χ4v) is 2.91. The number of carbonyl (C=O) groups excluding carboxylic acids is 1. The van der Waals surface area contributed by atoms with E-state index in [9.17, 15) is 4.79 Å². The van der Waals surface area contributed by atoms with Gasteiger partial charge in [-0.2, -0.15) is 0 Å². The summed E-state index contributed by atoms with van der Waals surface area (Å²) in [6.07, 6.45) is 3.91. The predicted molar refractivity (Wildman–Crippen MR) is 93.5 cm³/mol. The molecule has 2 heterocycles. The van der Waals surface area contributed by atoms with Crippen molar-refractivity contribution in [2.75, 3.05) is 6.61 Å². The van der Waals surface area contributed by atoms with E-state index in [1.54, 1.807) is 0 Å². The summed E-state index contributed by atoms with van der Waals surface area (Å²) in [5.74, 6) is 0.813. The summed E-state index contributed by atoms with van der Waals surface area (Å²) >= 11 is 0. The van der Waals surface area contributed by atoms with Crippen LogP contribution in [0.25, 0.3) is 16.6 Å². The first-order chi connectivity index (χ1) is 11.2. The average Bonchev–Trinajstić information content (AvgIpc) is 2.93. The number of aldehydes is 1. The fourth-order valence-electron chi connectivity index (χ4n) is 2.91. The smallest absolute Gasteiger partial charge is 0.167 e. The highest BCUT2D eigenvalue weighted by molar-refractivity contribution is 5.91. The standard InChI is InChI=1S/C20H21NO2/c1-4-15-7-8-16-11-17(19(13-22)21(16)12-15)18-10-14(3)6-9-20(18)23-5-2/h6-13H,4-5H2,1-3H3. The lowest BCUT2D eigenvalue weighted by molar-refractivity contribution is 0.111. The van der Waals surface area contributed by atoms with Crippen molar-refractivity contribution >= 4 is 11.8 Å². The molecule has 3 nitrogen and oxygen atoms in total. The Kier molecular flexibility index (Phi) is 4.20. The highest BCUT2D eigenvalue weighted by atomic mass is 16.5. The van der Waals surface area contributed by atoms with Gasteiger partial charge in [-0.25, -0.2) is 0 Å². The molecule has 0 aliphatic rings. The highest BCUT2D eigenvalue weighted by Gasteiger charge is 2.15. The normalized spacial score (nSPS) is 10.9. The third kappa shape index (κ3) is 2.74. The Balaban J connectivity index is 2.28. The number of hydrogen-bond acceptors (Lipinski definition) is 2. The van der Waals surface area contributed by atoms with Gasteiger partial charge in [-0.1, -0.05) is 24.6 Å². The zero-order chi connectivity index (χ0) is 16.4. The van der Waals surface area contributed by atoms with E-state index in [1.807, 2.05) is 36.6 Å². The Hall–Kier alpha value is -2.55. The van der Waals surface area contributed by atoms with Gasteiger partial charge < -0.3 is 9.14 Å². The zero-order valence-electron chi connectivity index (χ0n) is 13.8. The van der Waals surface area contributed by atoms with Crippen LogP contribution in [0.2, 0.25) is 0 Å². The molecule has 0 spiro atoms. The molecule has 0 atom stereocenters. The van der Waals surface area contributed by atoms with E-state index in [0.717, 1.165) is 40.7 Å². The lowest BCUT2D eigenvalue weighted by Crippen LogP contribution is -1.97. The largest absolute Gasteiger partial charge is 0.493 e. The second kappa shape index (κ2) is 6.29. The molecule has 0 N–H and O–H groups in total. The van der Waals surface area contributed by atoms with Gasteiger partial charge in [0.1, 0.15) is 5.75 Å². The molecule has 0 amide bonds. The van der Waals surface area contributed by atoms with Crippen molar-refractivity contribution < 1.29 is 9.53 Å². The first-order valence-corrected chi connectivity index (χ1v) is 8.01. The summed E-state index contributed by atoms with van der Waals surface area (Å²) in [7, 11) is 0. The van der Waals surface area contributed by atoms with Crippen molar-refractivity contribution in [3.05, 3.63) is 59.4 Å². The van der Waals surface area contributed by atoms with Crippen molar-refractivity contribution in [3.63, 3.8) is 0 Å². The van der Waals surface area contributed by atoms with E-state index in [1.165, 1.54) is 5.56 Å². The van der Waals surface area contributed by atoms with Crippen LogP contribution in [0.3, 0.4) is 0 Å². The van der Waals surface area contributed by atoms with Gasteiger partial charge in [0.25, 0.3) is 0 Å². The summed E-state index contributed by atoms with van der Waals surface area (Å²) in [5, 5.41) is 0. The van der Waals surface area contributed by atoms with Crippen molar-refractivity contribution in [1.82, 2.24) is 4.40 Å². The Bertz CT molecular complexity index is 861. The van der Waals surface area contributed by atoms with Crippen LogP contribution in [-0.2, 0) is 6.42 Å². The number of aryl methyl sites for hydroxylation is 2. The van der Waals surface area contributed by atoms with Crippen molar-refractivity contribution in [3.8, 4) is 16.9 Å². The topological polar surface area (TPSA) is 30.7 Å². The third-order valence-corrected chi connectivity index (χ3v) is 4.11. The summed E-state index contributed by atoms with van der Waals surface area (Å²) in [6.45, 7) is 6.72. The van der Waals surface area contributed by atoms with Gasteiger partial charge in [0.15, 0.2) is 6.29 Å². The molecule has 3 rings (SSSR count). The van der Waals surface area contributed by atoms with Crippen LogP contribution < -0.4 is 4.74 Å². The Morgan fingerprint density at radius 3 is 2.61 bits per heavy atom. The lowest BCUT2D eigenvalue weighted by atomic mass is 10.0. The molecule has 1 aromatic carbocycles. The molecule has 3 aromatic rings. The molecular weight excluding hydrogens is 286 g/mol. The molecule has 0 aliphatic carbocycles. The predicted octanol–water partition coefficient (Wildman–Crippen LogP) is 4.69. The number of rotatable bonds is 5. The van der Waals surface area contributed by atoms with E-state index >= 15 is 0 Å². The maximum Gasteiger partial charge on any atom is 0.167 e. The molecular formula is C20H21NO2. The van der Waals surface area contributed by atoms with Gasteiger partial charge in [0.05, 0.1) is 12.3 Å². The average molecular weight is 307 g/mol. The minimum atomic E-state index is 0.597. The van der Waals surface area contributed by atoms with Crippen molar-refractivity contribution in [2.45, 2.75) is 27.2 Å². The van der Waals surface area contributed by atoms with Gasteiger partial charge in [-0.15, -0.1) is 0 Å². The van der Waals surface area contributed by atoms with Gasteiger partial charge in [0, 0.05) is 22.8 Å². The molecule has 0 unspecified atom stereocenters.